The van der Waals surface area contributed by atoms with Crippen LogP contribution in [0.25, 0.3) is 11.4 Å². The molecule has 0 saturated carbocycles. The quantitative estimate of drug-likeness (QED) is 0.487. The number of hydrogen-bond donors (Lipinski definition) is 2. The summed E-state index contributed by atoms with van der Waals surface area (Å²) in [4.78, 5) is 33.7. The molecule has 2 N–H and O–H groups in total. The predicted octanol–water partition coefficient (Wildman–Crippen LogP) is 1.80. The van der Waals surface area contributed by atoms with Gasteiger partial charge in [0.1, 0.15) is 6.33 Å². The van der Waals surface area contributed by atoms with Crippen molar-refractivity contribution in [2.24, 2.45) is 7.05 Å². The number of methoxy groups -OCH3 is 1. The number of anilines is 3. The van der Waals surface area contributed by atoms with Crippen LogP contribution in [0.15, 0.2) is 30.6 Å². The first kappa shape index (κ1) is 20.9. The van der Waals surface area contributed by atoms with Gasteiger partial charge >= 0.3 is 6.03 Å². The minimum absolute atomic E-state index is 0.0200. The molecular formula is C24H29N9O4. The molecular weight excluding hydrogens is 478 g/mol. The molecule has 3 amide bonds. The van der Waals surface area contributed by atoms with Gasteiger partial charge in [-0.05, 0) is 25.0 Å². The topological polar surface area (TPSA) is 140 Å². The van der Waals surface area contributed by atoms with E-state index in [4.69, 9.17) is 13.6 Å². The van der Waals surface area contributed by atoms with Gasteiger partial charge in [-0.2, -0.15) is 5.10 Å². The molecule has 2 aliphatic heterocycles. The highest BCUT2D eigenvalue weighted by molar-refractivity contribution is 6.00. The second-order valence-electron chi connectivity index (χ2n) is 8.67. The second-order valence-corrected chi connectivity index (χ2v) is 8.67. The van der Waals surface area contributed by atoms with Crippen molar-refractivity contribution in [3.63, 3.8) is 0 Å². The Balaban J connectivity index is 1.50. The van der Waals surface area contributed by atoms with Crippen molar-refractivity contribution in [3.8, 4) is 17.1 Å². The van der Waals surface area contributed by atoms with E-state index >= 15 is 0 Å². The third-order valence-corrected chi connectivity index (χ3v) is 6.33. The largest absolute Gasteiger partial charge is 0.494 e. The molecule has 2 aromatic heterocycles. The van der Waals surface area contributed by atoms with Gasteiger partial charge in [0, 0.05) is 43.9 Å². The van der Waals surface area contributed by atoms with Gasteiger partial charge in [-0.1, -0.05) is 6.07 Å². The molecule has 37 heavy (non-hydrogen) atoms. The fourth-order valence-corrected chi connectivity index (χ4v) is 4.55. The molecule has 1 aromatic carbocycles. The maximum atomic E-state index is 13.3. The van der Waals surface area contributed by atoms with Crippen LogP contribution < -0.4 is 20.3 Å². The van der Waals surface area contributed by atoms with Crippen molar-refractivity contribution < 1.29 is 23.2 Å². The summed E-state index contributed by atoms with van der Waals surface area (Å²) in [6, 6.07) is 6.48. The average Bonchev–Trinajstić information content (AvgIpc) is 3.53. The van der Waals surface area contributed by atoms with Gasteiger partial charge in [0.25, 0.3) is 5.91 Å². The molecule has 2 aliphatic rings. The number of carbonyl (C=O) groups is 2. The maximum absolute atomic E-state index is 13.3. The van der Waals surface area contributed by atoms with Gasteiger partial charge in [0.05, 0.1) is 36.7 Å². The lowest BCUT2D eigenvalue weighted by Gasteiger charge is -2.30. The zero-order valence-corrected chi connectivity index (χ0v) is 20.5. The third-order valence-electron chi connectivity index (χ3n) is 6.33. The molecule has 0 bridgehead atoms. The molecule has 0 radical (unpaired) electrons. The zero-order valence-electron chi connectivity index (χ0n) is 23.5. The predicted molar refractivity (Wildman–Crippen MR) is 135 cm³/mol. The Labute approximate surface area is 218 Å². The molecule has 1 atom stereocenters. The number of carbonyl (C=O) groups excluding carboxylic acids is 2. The molecule has 13 heteroatoms. The summed E-state index contributed by atoms with van der Waals surface area (Å²) in [5.74, 6) is 0.0526. The number of nitrogens with one attached hydrogen (secondary N) is 2. The highest BCUT2D eigenvalue weighted by Gasteiger charge is 2.36. The Morgan fingerprint density at radius 1 is 1.27 bits per heavy atom. The van der Waals surface area contributed by atoms with E-state index < -0.39 is 12.9 Å². The van der Waals surface area contributed by atoms with E-state index in [1.165, 1.54) is 18.1 Å². The number of hydrogen-bond acceptors (Lipinski definition) is 9. The van der Waals surface area contributed by atoms with Gasteiger partial charge in [-0.15, -0.1) is 10.2 Å². The summed E-state index contributed by atoms with van der Waals surface area (Å²) in [7, 11) is 3.23. The summed E-state index contributed by atoms with van der Waals surface area (Å²) in [6.07, 6.45) is 3.29. The van der Waals surface area contributed by atoms with E-state index in [0.717, 1.165) is 12.8 Å². The monoisotopic (exact) mass is 510 g/mol. The van der Waals surface area contributed by atoms with Crippen LogP contribution in [0.2, 0.25) is 0 Å². The van der Waals surface area contributed by atoms with E-state index in [2.05, 4.69) is 25.6 Å². The van der Waals surface area contributed by atoms with Crippen molar-refractivity contribution in [1.82, 2.24) is 35.2 Å². The average molecular weight is 511 g/mol. The number of aromatic nitrogens is 5. The van der Waals surface area contributed by atoms with Gasteiger partial charge in [-0.3, -0.25) is 14.4 Å². The standard InChI is InChI=1S/C24H29N9O4/c1-25-23(34)20-18(27-17-8-4-7-16(21(17)36-3)22-26-14-31(2)30-22)12-19(28-29-20)33-10-9-32(24(33)35)15-6-5-11-37-13-15/h4,7-8,12,14-15H,5-6,9-11,13H2,1-3H3,(H,25,34)(H,27,28)/i1D3. The van der Waals surface area contributed by atoms with Gasteiger partial charge < -0.3 is 25.0 Å². The van der Waals surface area contributed by atoms with E-state index in [-0.39, 0.29) is 29.3 Å². The fourth-order valence-electron chi connectivity index (χ4n) is 4.55. The summed E-state index contributed by atoms with van der Waals surface area (Å²) < 4.78 is 35.1. The van der Waals surface area contributed by atoms with Crippen LogP contribution >= 0.6 is 0 Å². The molecule has 2 saturated heterocycles. The number of amides is 3. The molecule has 0 spiro atoms. The zero-order chi connectivity index (χ0) is 28.4. The Bertz CT molecular complexity index is 1410. The summed E-state index contributed by atoms with van der Waals surface area (Å²) in [5.41, 5.74) is 0.878. The first-order valence-corrected chi connectivity index (χ1v) is 11.8. The summed E-state index contributed by atoms with van der Waals surface area (Å²) in [5, 5.41) is 17.5. The lowest BCUT2D eigenvalue weighted by Crippen LogP contribution is -2.44. The van der Waals surface area contributed by atoms with Gasteiger partial charge in [0.2, 0.25) is 0 Å². The maximum Gasteiger partial charge on any atom is 0.326 e. The van der Waals surface area contributed by atoms with Crippen molar-refractivity contribution in [2.75, 3.05) is 50.6 Å². The number of ether oxygens (including phenoxy) is 2. The number of aryl methyl sites for hydroxylation is 1. The molecule has 4 heterocycles. The highest BCUT2D eigenvalue weighted by Crippen LogP contribution is 2.37. The molecule has 194 valence electrons. The van der Waals surface area contributed by atoms with E-state index in [0.29, 0.717) is 49.1 Å². The molecule has 5 rings (SSSR count). The fraction of sp³-hybridized carbons (Fsp3) is 0.417. The molecule has 13 nitrogen and oxygen atoms in total. The Morgan fingerprint density at radius 3 is 2.89 bits per heavy atom. The van der Waals surface area contributed by atoms with Crippen LogP contribution in [-0.2, 0) is 11.8 Å². The summed E-state index contributed by atoms with van der Waals surface area (Å²) in [6.45, 7) is -0.721. The number of rotatable bonds is 7. The third kappa shape index (κ3) is 4.77. The van der Waals surface area contributed by atoms with E-state index in [9.17, 15) is 9.59 Å². The van der Waals surface area contributed by atoms with Crippen molar-refractivity contribution in [2.45, 2.75) is 18.9 Å². The van der Waals surface area contributed by atoms with Crippen LogP contribution in [0, 0.1) is 0 Å². The first-order valence-electron chi connectivity index (χ1n) is 13.3. The first-order chi connectivity index (χ1) is 19.1. The van der Waals surface area contributed by atoms with Gasteiger partial charge in [-0.25, -0.2) is 9.78 Å². The normalized spacial score (nSPS) is 19.2. The van der Waals surface area contributed by atoms with Crippen LogP contribution in [0.3, 0.4) is 0 Å². The van der Waals surface area contributed by atoms with E-state index in [1.54, 1.807) is 41.2 Å². The number of urea groups is 1. The lowest BCUT2D eigenvalue weighted by molar-refractivity contribution is 0.0381. The molecule has 3 aromatic rings. The van der Waals surface area contributed by atoms with Crippen molar-refractivity contribution in [3.05, 3.63) is 36.3 Å². The SMILES string of the molecule is [2H]C([2H])([2H])NC(=O)c1nnc(N2CCN(C3CCCOC3)C2=O)cc1Nc1cccc(-c2ncn(C)n2)c1OC. The van der Waals surface area contributed by atoms with Crippen molar-refractivity contribution >= 4 is 29.1 Å². The number of para-hydroxylation sites is 1. The van der Waals surface area contributed by atoms with Crippen LogP contribution in [0.1, 0.15) is 27.4 Å². The van der Waals surface area contributed by atoms with Gasteiger partial charge in [0.15, 0.2) is 23.1 Å². The van der Waals surface area contributed by atoms with Crippen LogP contribution in [0.5, 0.6) is 5.75 Å². The number of nitrogens with zero attached hydrogens (tertiary/aromatic N) is 7. The Hall–Kier alpha value is -4.26. The minimum Gasteiger partial charge on any atom is -0.494 e. The van der Waals surface area contributed by atoms with Crippen LogP contribution in [-0.4, -0.2) is 88.2 Å². The number of benzene rings is 1. The Morgan fingerprint density at radius 2 is 2.16 bits per heavy atom. The van der Waals surface area contributed by atoms with E-state index in [1.807, 2.05) is 5.32 Å². The van der Waals surface area contributed by atoms with Crippen molar-refractivity contribution in [1.29, 1.82) is 0 Å². The lowest BCUT2D eigenvalue weighted by atomic mass is 10.1. The molecule has 2 fully saturated rings. The van der Waals surface area contributed by atoms with Crippen LogP contribution in [0.4, 0.5) is 22.0 Å². The molecule has 1 unspecified atom stereocenters. The Kier molecular flexibility index (Phi) is 5.86. The smallest absolute Gasteiger partial charge is 0.326 e. The highest BCUT2D eigenvalue weighted by atomic mass is 16.5. The minimum atomic E-state index is -2.75. The molecule has 0 aliphatic carbocycles. The summed E-state index contributed by atoms with van der Waals surface area (Å²) >= 11 is 0. The second kappa shape index (κ2) is 10.4.